The number of hydrogen-bond acceptors (Lipinski definition) is 8. The van der Waals surface area contributed by atoms with Crippen LogP contribution in [0.25, 0.3) is 10.2 Å². The topological polar surface area (TPSA) is 82.2 Å². The quantitative estimate of drug-likeness (QED) is 0.827. The molecule has 1 aromatic heterocycles. The molecule has 1 atom stereocenters. The van der Waals surface area contributed by atoms with Gasteiger partial charge >= 0.3 is 0 Å². The van der Waals surface area contributed by atoms with Gasteiger partial charge in [0.05, 0.1) is 51.4 Å². The number of rotatable bonds is 5. The minimum Gasteiger partial charge on any atom is -0.494 e. The van der Waals surface area contributed by atoms with E-state index in [-0.39, 0.29) is 12.0 Å². The van der Waals surface area contributed by atoms with Crippen molar-refractivity contribution in [1.29, 1.82) is 0 Å². The van der Waals surface area contributed by atoms with E-state index in [1.165, 1.54) is 11.3 Å². The number of morpholine rings is 1. The number of carbonyl (C=O) groups excluding carboxylic acids is 1. The summed E-state index contributed by atoms with van der Waals surface area (Å²) in [5.74, 6) is 0.601. The van der Waals surface area contributed by atoms with Gasteiger partial charge in [0.15, 0.2) is 5.13 Å². The third kappa shape index (κ3) is 4.22. The SMILES string of the molecule is COc1ccc(C2COCCO2)c2sc(NC(=O)CN3CCOCC3)nc12. The van der Waals surface area contributed by atoms with Gasteiger partial charge in [-0.1, -0.05) is 17.4 Å². The largest absolute Gasteiger partial charge is 0.494 e. The van der Waals surface area contributed by atoms with Crippen LogP contribution in [0.15, 0.2) is 12.1 Å². The highest BCUT2D eigenvalue weighted by Gasteiger charge is 2.23. The molecular formula is C18H23N3O5S. The number of aromatic nitrogens is 1. The third-order valence-corrected chi connectivity index (χ3v) is 5.66. The molecular weight excluding hydrogens is 370 g/mol. The molecule has 2 aliphatic heterocycles. The van der Waals surface area contributed by atoms with Crippen molar-refractivity contribution < 1.29 is 23.7 Å². The predicted molar refractivity (Wildman–Crippen MR) is 102 cm³/mol. The molecule has 8 nitrogen and oxygen atoms in total. The lowest BCUT2D eigenvalue weighted by Crippen LogP contribution is -2.41. The van der Waals surface area contributed by atoms with Crippen molar-refractivity contribution in [2.24, 2.45) is 0 Å². The van der Waals surface area contributed by atoms with Crippen LogP contribution >= 0.6 is 11.3 Å². The second-order valence-corrected chi connectivity index (χ2v) is 7.42. The molecule has 2 aliphatic rings. The van der Waals surface area contributed by atoms with Gasteiger partial charge in [-0.25, -0.2) is 4.98 Å². The molecule has 146 valence electrons. The Kier molecular flexibility index (Phi) is 5.84. The summed E-state index contributed by atoms with van der Waals surface area (Å²) in [6, 6.07) is 3.87. The highest BCUT2D eigenvalue weighted by atomic mass is 32.1. The van der Waals surface area contributed by atoms with Crippen molar-refractivity contribution >= 4 is 32.6 Å². The van der Waals surface area contributed by atoms with E-state index >= 15 is 0 Å². The predicted octanol–water partition coefficient (Wildman–Crippen LogP) is 1.66. The number of fused-ring (bicyclic) bond motifs is 1. The summed E-state index contributed by atoms with van der Waals surface area (Å²) in [6.45, 7) is 4.90. The number of hydrogen-bond donors (Lipinski definition) is 1. The number of ether oxygens (including phenoxy) is 4. The molecule has 9 heteroatoms. The number of nitrogens with zero attached hydrogens (tertiary/aromatic N) is 2. The second-order valence-electron chi connectivity index (χ2n) is 6.42. The highest BCUT2D eigenvalue weighted by Crippen LogP contribution is 2.38. The van der Waals surface area contributed by atoms with Crippen LogP contribution in [0.4, 0.5) is 5.13 Å². The first-order valence-electron chi connectivity index (χ1n) is 9.01. The van der Waals surface area contributed by atoms with E-state index in [9.17, 15) is 4.79 Å². The van der Waals surface area contributed by atoms with Gasteiger partial charge in [-0.05, 0) is 6.07 Å². The molecule has 2 saturated heterocycles. The van der Waals surface area contributed by atoms with Gasteiger partial charge < -0.3 is 24.3 Å². The van der Waals surface area contributed by atoms with Gasteiger partial charge in [-0.15, -0.1) is 0 Å². The fourth-order valence-electron chi connectivity index (χ4n) is 3.26. The van der Waals surface area contributed by atoms with Crippen LogP contribution in [0.5, 0.6) is 5.75 Å². The van der Waals surface area contributed by atoms with Crippen molar-refractivity contribution in [3.63, 3.8) is 0 Å². The Bertz CT molecular complexity index is 800. The van der Waals surface area contributed by atoms with Crippen LogP contribution in [0.1, 0.15) is 11.7 Å². The summed E-state index contributed by atoms with van der Waals surface area (Å²) in [6.07, 6.45) is -0.135. The van der Waals surface area contributed by atoms with Gasteiger partial charge in [0.25, 0.3) is 0 Å². The maximum atomic E-state index is 12.4. The van der Waals surface area contributed by atoms with Crippen LogP contribution in [0, 0.1) is 0 Å². The smallest absolute Gasteiger partial charge is 0.240 e. The number of nitrogens with one attached hydrogen (secondary N) is 1. The number of carbonyl (C=O) groups is 1. The van der Waals surface area contributed by atoms with Crippen molar-refractivity contribution in [3.05, 3.63) is 17.7 Å². The minimum absolute atomic E-state index is 0.0753. The molecule has 27 heavy (non-hydrogen) atoms. The van der Waals surface area contributed by atoms with E-state index in [1.54, 1.807) is 7.11 Å². The molecule has 0 radical (unpaired) electrons. The van der Waals surface area contributed by atoms with E-state index in [1.807, 2.05) is 12.1 Å². The fourth-order valence-corrected chi connectivity index (χ4v) is 4.32. The Morgan fingerprint density at radius 3 is 2.89 bits per heavy atom. The van der Waals surface area contributed by atoms with Gasteiger partial charge in [0.2, 0.25) is 5.91 Å². The number of benzene rings is 1. The van der Waals surface area contributed by atoms with E-state index in [0.29, 0.717) is 50.5 Å². The lowest BCUT2D eigenvalue weighted by atomic mass is 10.1. The average molecular weight is 393 g/mol. The lowest BCUT2D eigenvalue weighted by molar-refractivity contribution is -0.118. The molecule has 3 heterocycles. The lowest BCUT2D eigenvalue weighted by Gasteiger charge is -2.25. The first-order chi connectivity index (χ1) is 13.2. The highest BCUT2D eigenvalue weighted by molar-refractivity contribution is 7.22. The number of thiazole rings is 1. The normalized spacial score (nSPS) is 21.3. The maximum absolute atomic E-state index is 12.4. The summed E-state index contributed by atoms with van der Waals surface area (Å²) >= 11 is 1.44. The van der Waals surface area contributed by atoms with Gasteiger partial charge in [0, 0.05) is 18.7 Å². The number of anilines is 1. The molecule has 0 aliphatic carbocycles. The van der Waals surface area contributed by atoms with Gasteiger partial charge in [0.1, 0.15) is 17.4 Å². The molecule has 2 fully saturated rings. The summed E-state index contributed by atoms with van der Waals surface area (Å²) in [5.41, 5.74) is 1.74. The molecule has 1 aromatic carbocycles. The summed E-state index contributed by atoms with van der Waals surface area (Å²) in [5, 5.41) is 3.48. The standard InChI is InChI=1S/C18H23N3O5S/c1-23-13-3-2-12(14-11-25-8-9-26-14)17-16(13)20-18(27-17)19-15(22)10-21-4-6-24-7-5-21/h2-3,14H,4-11H2,1H3,(H,19,20,22). The molecule has 0 bridgehead atoms. The minimum atomic E-state index is -0.135. The molecule has 2 aromatic rings. The Morgan fingerprint density at radius 2 is 2.15 bits per heavy atom. The number of amides is 1. The maximum Gasteiger partial charge on any atom is 0.240 e. The zero-order valence-electron chi connectivity index (χ0n) is 15.2. The van der Waals surface area contributed by atoms with Gasteiger partial charge in [-0.3, -0.25) is 9.69 Å². The zero-order valence-corrected chi connectivity index (χ0v) is 16.0. The first-order valence-corrected chi connectivity index (χ1v) is 9.83. The Balaban J connectivity index is 1.55. The Hall–Kier alpha value is -1.78. The monoisotopic (exact) mass is 393 g/mol. The molecule has 0 spiro atoms. The van der Waals surface area contributed by atoms with E-state index in [2.05, 4.69) is 15.2 Å². The summed E-state index contributed by atoms with van der Waals surface area (Å²) in [7, 11) is 1.62. The van der Waals surface area contributed by atoms with Crippen LogP contribution in [0.3, 0.4) is 0 Å². The van der Waals surface area contributed by atoms with E-state index < -0.39 is 0 Å². The zero-order chi connectivity index (χ0) is 18.6. The van der Waals surface area contributed by atoms with Crippen LogP contribution < -0.4 is 10.1 Å². The van der Waals surface area contributed by atoms with E-state index in [0.717, 1.165) is 28.9 Å². The van der Waals surface area contributed by atoms with Crippen molar-refractivity contribution in [1.82, 2.24) is 9.88 Å². The van der Waals surface area contributed by atoms with Crippen LogP contribution in [0.2, 0.25) is 0 Å². The third-order valence-electron chi connectivity index (χ3n) is 4.64. The van der Waals surface area contributed by atoms with Crippen molar-refractivity contribution in [3.8, 4) is 5.75 Å². The second kappa shape index (κ2) is 8.49. The van der Waals surface area contributed by atoms with Crippen molar-refractivity contribution in [2.45, 2.75) is 6.10 Å². The Labute approximate surface area is 161 Å². The van der Waals surface area contributed by atoms with Gasteiger partial charge in [-0.2, -0.15) is 0 Å². The fraction of sp³-hybridized carbons (Fsp3) is 0.556. The summed E-state index contributed by atoms with van der Waals surface area (Å²) < 4.78 is 23.1. The molecule has 1 amide bonds. The average Bonchev–Trinajstić information content (AvgIpc) is 3.12. The molecule has 1 N–H and O–H groups in total. The van der Waals surface area contributed by atoms with Crippen LogP contribution in [-0.4, -0.2) is 75.6 Å². The molecule has 0 saturated carbocycles. The molecule has 4 rings (SSSR count). The van der Waals surface area contributed by atoms with E-state index in [4.69, 9.17) is 18.9 Å². The first kappa shape index (κ1) is 18.6. The Morgan fingerprint density at radius 1 is 1.30 bits per heavy atom. The van der Waals surface area contributed by atoms with Crippen molar-refractivity contribution in [2.75, 3.05) is 65.1 Å². The van der Waals surface area contributed by atoms with Crippen LogP contribution in [-0.2, 0) is 19.0 Å². The number of methoxy groups -OCH3 is 1. The summed E-state index contributed by atoms with van der Waals surface area (Å²) in [4.78, 5) is 19.1. The molecule has 1 unspecified atom stereocenters.